The molecule has 1 aliphatic rings. The first kappa shape index (κ1) is 27.9. The van der Waals surface area contributed by atoms with Gasteiger partial charge in [-0.15, -0.1) is 0 Å². The van der Waals surface area contributed by atoms with Gasteiger partial charge in [-0.2, -0.15) is 5.26 Å². The van der Waals surface area contributed by atoms with Gasteiger partial charge in [-0.1, -0.05) is 91.1 Å². The molecule has 2 heterocycles. The van der Waals surface area contributed by atoms with E-state index in [9.17, 15) is 9.59 Å². The van der Waals surface area contributed by atoms with Crippen LogP contribution in [0, 0.1) is 11.3 Å². The van der Waals surface area contributed by atoms with Crippen molar-refractivity contribution in [1.82, 2.24) is 4.57 Å². The van der Waals surface area contributed by atoms with E-state index in [0.29, 0.717) is 44.9 Å². The molecule has 0 saturated heterocycles. The highest BCUT2D eigenvalue weighted by Gasteiger charge is 2.33. The summed E-state index contributed by atoms with van der Waals surface area (Å²) in [5.41, 5.74) is 3.80. The van der Waals surface area contributed by atoms with Gasteiger partial charge in [-0.25, -0.2) is 9.79 Å². The van der Waals surface area contributed by atoms with E-state index in [4.69, 9.17) is 19.7 Å². The quantitative estimate of drug-likeness (QED) is 0.239. The van der Waals surface area contributed by atoms with Crippen molar-refractivity contribution in [3.8, 4) is 11.8 Å². The number of hydrogen-bond acceptors (Lipinski definition) is 7. The number of thiazole rings is 1. The van der Waals surface area contributed by atoms with Gasteiger partial charge in [0, 0.05) is 5.56 Å². The second-order valence-corrected chi connectivity index (χ2v) is 11.0. The standard InChI is InChI=1S/C35H27N3O4S/c1-3-28-31(34(40)41-2)32(25-10-5-4-6-11-25)38-33(39)30(43-35(38)37-28)19-27-26-12-8-7-9-24(26)17-18-29(27)42-21-23-15-13-22(20-36)14-16-23/h4-19,32H,3,21H2,1-2H3/b30-19+/t32-/m0/s1. The highest BCUT2D eigenvalue weighted by Crippen LogP contribution is 2.32. The van der Waals surface area contributed by atoms with Gasteiger partial charge in [0.2, 0.25) is 0 Å². The number of methoxy groups -OCH3 is 1. The minimum Gasteiger partial charge on any atom is -0.488 e. The van der Waals surface area contributed by atoms with Crippen LogP contribution in [0.15, 0.2) is 112 Å². The highest BCUT2D eigenvalue weighted by atomic mass is 32.1. The van der Waals surface area contributed by atoms with Crippen molar-refractivity contribution < 1.29 is 14.3 Å². The van der Waals surface area contributed by atoms with Gasteiger partial charge in [-0.05, 0) is 52.6 Å². The summed E-state index contributed by atoms with van der Waals surface area (Å²) < 4.78 is 13.5. The monoisotopic (exact) mass is 585 g/mol. The maximum Gasteiger partial charge on any atom is 0.338 e. The molecule has 43 heavy (non-hydrogen) atoms. The Kier molecular flexibility index (Phi) is 7.73. The SMILES string of the molecule is CCC1=C(C(=O)OC)[C@H](c2ccccc2)n2c(s/c(=C/c3c(OCc4ccc(C#N)cc4)ccc4ccccc34)c2=O)=N1. The fourth-order valence-electron chi connectivity index (χ4n) is 5.33. The molecule has 7 nitrogen and oxygen atoms in total. The molecule has 1 aromatic heterocycles. The van der Waals surface area contributed by atoms with Crippen molar-refractivity contribution in [2.45, 2.75) is 26.0 Å². The van der Waals surface area contributed by atoms with Crippen LogP contribution in [0.1, 0.15) is 41.6 Å². The second-order valence-electron chi connectivity index (χ2n) is 9.99. The first-order chi connectivity index (χ1) is 21.0. The number of allylic oxidation sites excluding steroid dienone is 1. The summed E-state index contributed by atoms with van der Waals surface area (Å²) in [4.78, 5) is 32.5. The molecular weight excluding hydrogens is 558 g/mol. The lowest BCUT2D eigenvalue weighted by Crippen LogP contribution is -2.40. The van der Waals surface area contributed by atoms with Gasteiger partial charge in [0.05, 0.1) is 40.6 Å². The molecule has 0 unspecified atom stereocenters. The van der Waals surface area contributed by atoms with Crippen molar-refractivity contribution in [3.63, 3.8) is 0 Å². The Hall–Kier alpha value is -5.26. The van der Waals surface area contributed by atoms with Crippen LogP contribution in [0.4, 0.5) is 0 Å². The van der Waals surface area contributed by atoms with Crippen molar-refractivity contribution in [3.05, 3.63) is 144 Å². The predicted molar refractivity (Wildman–Crippen MR) is 166 cm³/mol. The third kappa shape index (κ3) is 5.27. The average molecular weight is 586 g/mol. The molecule has 1 atom stereocenters. The second kappa shape index (κ2) is 11.9. The number of hydrogen-bond donors (Lipinski definition) is 0. The lowest BCUT2D eigenvalue weighted by molar-refractivity contribution is -0.136. The first-order valence-corrected chi connectivity index (χ1v) is 14.7. The highest BCUT2D eigenvalue weighted by molar-refractivity contribution is 7.07. The summed E-state index contributed by atoms with van der Waals surface area (Å²) in [5.74, 6) is 0.120. The molecule has 0 amide bonds. The van der Waals surface area contributed by atoms with Gasteiger partial charge in [0.25, 0.3) is 5.56 Å². The molecule has 0 N–H and O–H groups in total. The van der Waals surface area contributed by atoms with Gasteiger partial charge >= 0.3 is 5.97 Å². The number of fused-ring (bicyclic) bond motifs is 2. The van der Waals surface area contributed by atoms with Crippen molar-refractivity contribution in [2.75, 3.05) is 7.11 Å². The number of esters is 1. The summed E-state index contributed by atoms with van der Waals surface area (Å²) in [6, 6.07) is 30.1. The number of rotatable bonds is 7. The van der Waals surface area contributed by atoms with Gasteiger partial charge in [0.15, 0.2) is 4.80 Å². The minimum absolute atomic E-state index is 0.250. The van der Waals surface area contributed by atoms with E-state index < -0.39 is 12.0 Å². The lowest BCUT2D eigenvalue weighted by Gasteiger charge is -2.25. The molecule has 6 rings (SSSR count). The maximum absolute atomic E-state index is 14.2. The number of nitriles is 1. The summed E-state index contributed by atoms with van der Waals surface area (Å²) >= 11 is 1.29. The Morgan fingerprint density at radius 3 is 2.49 bits per heavy atom. The minimum atomic E-state index is -0.665. The largest absolute Gasteiger partial charge is 0.488 e. The normalized spacial score (nSPS) is 14.6. The predicted octanol–water partition coefficient (Wildman–Crippen LogP) is 5.40. The average Bonchev–Trinajstić information content (AvgIpc) is 3.37. The van der Waals surface area contributed by atoms with E-state index in [1.54, 1.807) is 16.7 Å². The molecule has 8 heteroatoms. The van der Waals surface area contributed by atoms with E-state index in [-0.39, 0.29) is 5.56 Å². The number of carbonyl (C=O) groups is 1. The van der Waals surface area contributed by atoms with Crippen LogP contribution in [0.5, 0.6) is 5.75 Å². The van der Waals surface area contributed by atoms with Crippen molar-refractivity contribution >= 4 is 34.2 Å². The fraction of sp³-hybridized carbons (Fsp3) is 0.143. The molecule has 0 spiro atoms. The zero-order chi connectivity index (χ0) is 29.9. The Morgan fingerprint density at radius 2 is 1.77 bits per heavy atom. The van der Waals surface area contributed by atoms with Crippen LogP contribution in [-0.2, 0) is 16.1 Å². The van der Waals surface area contributed by atoms with E-state index in [1.165, 1.54) is 18.4 Å². The third-order valence-electron chi connectivity index (χ3n) is 7.45. The summed E-state index contributed by atoms with van der Waals surface area (Å²) in [7, 11) is 1.34. The van der Waals surface area contributed by atoms with Gasteiger partial charge in [-0.3, -0.25) is 9.36 Å². The molecule has 0 fully saturated rings. The fourth-order valence-corrected chi connectivity index (χ4v) is 6.33. The van der Waals surface area contributed by atoms with Crippen molar-refractivity contribution in [2.24, 2.45) is 4.99 Å². The smallest absolute Gasteiger partial charge is 0.338 e. The topological polar surface area (TPSA) is 93.7 Å². The third-order valence-corrected chi connectivity index (χ3v) is 8.43. The maximum atomic E-state index is 14.2. The van der Waals surface area contributed by atoms with Crippen LogP contribution < -0.4 is 19.6 Å². The summed E-state index contributed by atoms with van der Waals surface area (Å²) in [6.07, 6.45) is 2.37. The van der Waals surface area contributed by atoms with Crippen LogP contribution >= 0.6 is 11.3 Å². The number of carbonyl (C=O) groups excluding carboxylic acids is 1. The number of nitrogens with zero attached hydrogens (tertiary/aromatic N) is 3. The van der Waals surface area contributed by atoms with Gasteiger partial charge in [0.1, 0.15) is 12.4 Å². The molecule has 212 valence electrons. The first-order valence-electron chi connectivity index (χ1n) is 13.8. The van der Waals surface area contributed by atoms with E-state index in [2.05, 4.69) is 6.07 Å². The zero-order valence-corrected chi connectivity index (χ0v) is 24.4. The summed E-state index contributed by atoms with van der Waals surface area (Å²) in [5, 5.41) is 11.1. The van der Waals surface area contributed by atoms with E-state index in [0.717, 1.165) is 27.5 Å². The Balaban J connectivity index is 1.52. The van der Waals surface area contributed by atoms with Crippen LogP contribution in [0.2, 0.25) is 0 Å². The Labute approximate surface area is 251 Å². The molecule has 5 aromatic rings. The Morgan fingerprint density at radius 1 is 1.02 bits per heavy atom. The lowest BCUT2D eigenvalue weighted by atomic mass is 9.95. The molecule has 0 aliphatic carbocycles. The number of ether oxygens (including phenoxy) is 2. The molecule has 0 saturated carbocycles. The molecule has 4 aromatic carbocycles. The molecule has 0 bridgehead atoms. The molecule has 0 radical (unpaired) electrons. The summed E-state index contributed by atoms with van der Waals surface area (Å²) in [6.45, 7) is 2.23. The van der Waals surface area contributed by atoms with E-state index >= 15 is 0 Å². The molecular formula is C35H27N3O4S. The van der Waals surface area contributed by atoms with Gasteiger partial charge < -0.3 is 9.47 Å². The molecule has 1 aliphatic heterocycles. The number of aromatic nitrogens is 1. The van der Waals surface area contributed by atoms with Crippen LogP contribution in [0.25, 0.3) is 16.8 Å². The number of benzene rings is 4. The van der Waals surface area contributed by atoms with Crippen LogP contribution in [-0.4, -0.2) is 17.6 Å². The zero-order valence-electron chi connectivity index (χ0n) is 23.6. The van der Waals surface area contributed by atoms with E-state index in [1.807, 2.05) is 91.9 Å². The van der Waals surface area contributed by atoms with Crippen molar-refractivity contribution in [1.29, 1.82) is 5.26 Å². The Bertz CT molecular complexity index is 2100. The van der Waals surface area contributed by atoms with Crippen LogP contribution in [0.3, 0.4) is 0 Å².